The number of nitrogens with one attached hydrogen (secondary N) is 3. The zero-order valence-corrected chi connectivity index (χ0v) is 22.6. The topological polar surface area (TPSA) is 97.3 Å². The first-order chi connectivity index (χ1) is 19.3. The fraction of sp³-hybridized carbons (Fsp3) is 0.621. The SMILES string of the molecule is O=C(C[C@H](CCNCC1COC1)NC(=O)c1cc(-c2ccccc2C(F)(F)F)n(C2CCCC2)n1)NC1CCC1. The van der Waals surface area contributed by atoms with E-state index in [0.717, 1.165) is 70.8 Å². The molecule has 2 saturated carbocycles. The van der Waals surface area contributed by atoms with Gasteiger partial charge < -0.3 is 20.7 Å². The molecule has 2 heterocycles. The molecule has 3 N–H and O–H groups in total. The van der Waals surface area contributed by atoms with Gasteiger partial charge in [-0.2, -0.15) is 18.3 Å². The van der Waals surface area contributed by atoms with Crippen LogP contribution in [0.4, 0.5) is 13.2 Å². The molecule has 0 unspecified atom stereocenters. The quantitative estimate of drug-likeness (QED) is 0.333. The molecule has 0 spiro atoms. The number of hydrogen-bond acceptors (Lipinski definition) is 5. The predicted molar refractivity (Wildman–Crippen MR) is 144 cm³/mol. The van der Waals surface area contributed by atoms with Crippen molar-refractivity contribution in [1.82, 2.24) is 25.7 Å². The highest BCUT2D eigenvalue weighted by atomic mass is 19.4. The lowest BCUT2D eigenvalue weighted by Gasteiger charge is -2.28. The number of halogens is 3. The average molecular weight is 562 g/mol. The lowest BCUT2D eigenvalue weighted by atomic mass is 9.93. The molecule has 2 aliphatic carbocycles. The van der Waals surface area contributed by atoms with E-state index in [1.54, 1.807) is 10.7 Å². The van der Waals surface area contributed by atoms with Crippen LogP contribution in [0.1, 0.15) is 79.9 Å². The molecule has 0 radical (unpaired) electrons. The van der Waals surface area contributed by atoms with Gasteiger partial charge in [0.1, 0.15) is 0 Å². The Kier molecular flexibility index (Phi) is 9.10. The Hall–Kier alpha value is -2.92. The zero-order valence-electron chi connectivity index (χ0n) is 22.6. The van der Waals surface area contributed by atoms with Gasteiger partial charge in [-0.1, -0.05) is 31.0 Å². The molecule has 0 bridgehead atoms. The molecular formula is C29H38F3N5O3. The Bertz CT molecular complexity index is 1170. The molecule has 40 heavy (non-hydrogen) atoms. The van der Waals surface area contributed by atoms with E-state index < -0.39 is 23.7 Å². The minimum atomic E-state index is -4.54. The summed E-state index contributed by atoms with van der Waals surface area (Å²) in [6.07, 6.45) is 2.67. The normalized spacial score (nSPS) is 19.2. The van der Waals surface area contributed by atoms with Crippen LogP contribution in [-0.4, -0.2) is 60.0 Å². The van der Waals surface area contributed by atoms with E-state index in [9.17, 15) is 22.8 Å². The standard InChI is InChI=1S/C29H38F3N5O3/c30-29(31,32)24-11-4-3-10-23(24)26-15-25(36-37(26)22-8-1-2-9-22)28(39)35-21(12-13-33-16-19-17-40-18-19)14-27(38)34-20-6-5-7-20/h3-4,10-11,15,19-22,33H,1-2,5-9,12-14,16-18H2,(H,34,38)(H,35,39)/t21-/m0/s1. The Morgan fingerprint density at radius 2 is 1.82 bits per heavy atom. The number of carbonyl (C=O) groups excluding carboxylic acids is 2. The van der Waals surface area contributed by atoms with Gasteiger partial charge in [0.05, 0.1) is 30.5 Å². The van der Waals surface area contributed by atoms with Crippen molar-refractivity contribution in [2.24, 2.45) is 5.92 Å². The number of hydrogen-bond donors (Lipinski definition) is 3. The number of carbonyl (C=O) groups is 2. The molecule has 3 aliphatic rings. The van der Waals surface area contributed by atoms with Crippen molar-refractivity contribution in [1.29, 1.82) is 0 Å². The second-order valence-corrected chi connectivity index (χ2v) is 11.3. The van der Waals surface area contributed by atoms with Gasteiger partial charge in [0.25, 0.3) is 5.91 Å². The molecule has 2 amide bonds. The summed E-state index contributed by atoms with van der Waals surface area (Å²) in [5.41, 5.74) is -0.403. The minimum Gasteiger partial charge on any atom is -0.381 e. The molecular weight excluding hydrogens is 523 g/mol. The van der Waals surface area contributed by atoms with Gasteiger partial charge in [-0.15, -0.1) is 0 Å². The molecule has 1 saturated heterocycles. The van der Waals surface area contributed by atoms with Crippen LogP contribution in [0.5, 0.6) is 0 Å². The summed E-state index contributed by atoms with van der Waals surface area (Å²) in [6.45, 7) is 2.89. The number of alkyl halides is 3. The van der Waals surface area contributed by atoms with Crippen LogP contribution in [-0.2, 0) is 15.7 Å². The van der Waals surface area contributed by atoms with Crippen LogP contribution < -0.4 is 16.0 Å². The monoisotopic (exact) mass is 561 g/mol. The van der Waals surface area contributed by atoms with Gasteiger partial charge in [-0.3, -0.25) is 14.3 Å². The third-order valence-corrected chi connectivity index (χ3v) is 8.19. The first kappa shape index (κ1) is 28.6. The Labute approximate surface area is 232 Å². The van der Waals surface area contributed by atoms with E-state index in [-0.39, 0.29) is 41.4 Å². The number of ether oxygens (including phenoxy) is 1. The fourth-order valence-electron chi connectivity index (χ4n) is 5.62. The maximum absolute atomic E-state index is 13.9. The number of rotatable bonds is 12. The smallest absolute Gasteiger partial charge is 0.381 e. The van der Waals surface area contributed by atoms with Crippen molar-refractivity contribution in [2.75, 3.05) is 26.3 Å². The molecule has 8 nitrogen and oxygen atoms in total. The highest BCUT2D eigenvalue weighted by molar-refractivity contribution is 5.94. The predicted octanol–water partition coefficient (Wildman–Crippen LogP) is 4.47. The molecule has 218 valence electrons. The van der Waals surface area contributed by atoms with Crippen molar-refractivity contribution >= 4 is 11.8 Å². The van der Waals surface area contributed by atoms with E-state index in [1.807, 2.05) is 0 Å². The zero-order chi connectivity index (χ0) is 28.1. The Balaban J connectivity index is 1.33. The van der Waals surface area contributed by atoms with Gasteiger partial charge in [0.15, 0.2) is 5.69 Å². The number of nitrogens with zero attached hydrogens (tertiary/aromatic N) is 2. The summed E-state index contributed by atoms with van der Waals surface area (Å²) in [4.78, 5) is 26.1. The highest BCUT2D eigenvalue weighted by Crippen LogP contribution is 2.40. The second-order valence-electron chi connectivity index (χ2n) is 11.3. The summed E-state index contributed by atoms with van der Waals surface area (Å²) < 4.78 is 48.5. The van der Waals surface area contributed by atoms with Crippen molar-refractivity contribution in [3.63, 3.8) is 0 Å². The maximum atomic E-state index is 13.9. The van der Waals surface area contributed by atoms with Crippen LogP contribution in [0.2, 0.25) is 0 Å². The first-order valence-electron chi connectivity index (χ1n) is 14.4. The third kappa shape index (κ3) is 7.04. The fourth-order valence-corrected chi connectivity index (χ4v) is 5.62. The molecule has 3 fully saturated rings. The minimum absolute atomic E-state index is 0.00838. The summed E-state index contributed by atoms with van der Waals surface area (Å²) in [6, 6.07) is 6.55. The molecule has 1 aromatic carbocycles. The van der Waals surface area contributed by atoms with Gasteiger partial charge >= 0.3 is 6.18 Å². The number of benzene rings is 1. The van der Waals surface area contributed by atoms with E-state index in [1.165, 1.54) is 18.2 Å². The lowest BCUT2D eigenvalue weighted by molar-refractivity contribution is -0.137. The second kappa shape index (κ2) is 12.7. The highest BCUT2D eigenvalue weighted by Gasteiger charge is 2.35. The average Bonchev–Trinajstić information content (AvgIpc) is 3.54. The van der Waals surface area contributed by atoms with Crippen LogP contribution in [0.25, 0.3) is 11.3 Å². The molecule has 1 aromatic heterocycles. The molecule has 11 heteroatoms. The van der Waals surface area contributed by atoms with Crippen molar-refractivity contribution in [3.8, 4) is 11.3 Å². The summed E-state index contributed by atoms with van der Waals surface area (Å²) in [5.74, 6) is -0.123. The van der Waals surface area contributed by atoms with Crippen molar-refractivity contribution in [2.45, 2.75) is 82.1 Å². The summed E-state index contributed by atoms with van der Waals surface area (Å²) >= 11 is 0. The van der Waals surface area contributed by atoms with Crippen LogP contribution in [0.3, 0.4) is 0 Å². The molecule has 1 atom stereocenters. The van der Waals surface area contributed by atoms with Gasteiger partial charge in [-0.05, 0) is 57.2 Å². The largest absolute Gasteiger partial charge is 0.417 e. The van der Waals surface area contributed by atoms with Gasteiger partial charge in [-0.25, -0.2) is 0 Å². The summed E-state index contributed by atoms with van der Waals surface area (Å²) in [7, 11) is 0. The number of amides is 2. The van der Waals surface area contributed by atoms with E-state index in [4.69, 9.17) is 4.74 Å². The van der Waals surface area contributed by atoms with E-state index in [2.05, 4.69) is 21.0 Å². The Morgan fingerprint density at radius 3 is 2.48 bits per heavy atom. The molecule has 2 aromatic rings. The lowest BCUT2D eigenvalue weighted by Crippen LogP contribution is -2.45. The van der Waals surface area contributed by atoms with Crippen LogP contribution in [0.15, 0.2) is 30.3 Å². The molecule has 5 rings (SSSR count). The van der Waals surface area contributed by atoms with Crippen LogP contribution in [0, 0.1) is 5.92 Å². The summed E-state index contributed by atoms with van der Waals surface area (Å²) in [5, 5.41) is 13.9. The maximum Gasteiger partial charge on any atom is 0.417 e. The van der Waals surface area contributed by atoms with Crippen LogP contribution >= 0.6 is 0 Å². The Morgan fingerprint density at radius 1 is 1.07 bits per heavy atom. The van der Waals surface area contributed by atoms with E-state index >= 15 is 0 Å². The van der Waals surface area contributed by atoms with E-state index in [0.29, 0.717) is 18.9 Å². The van der Waals surface area contributed by atoms with Crippen molar-refractivity contribution in [3.05, 3.63) is 41.6 Å². The van der Waals surface area contributed by atoms with Gasteiger partial charge in [0, 0.05) is 36.5 Å². The van der Waals surface area contributed by atoms with Crippen molar-refractivity contribution < 1.29 is 27.5 Å². The first-order valence-corrected chi connectivity index (χ1v) is 14.4. The number of aromatic nitrogens is 2. The van der Waals surface area contributed by atoms with Gasteiger partial charge in [0.2, 0.25) is 5.91 Å². The molecule has 1 aliphatic heterocycles. The third-order valence-electron chi connectivity index (χ3n) is 8.19.